The van der Waals surface area contributed by atoms with Gasteiger partial charge >= 0.3 is 5.97 Å². The maximum absolute atomic E-state index is 12.1. The summed E-state index contributed by atoms with van der Waals surface area (Å²) in [5.41, 5.74) is 2.93. The van der Waals surface area contributed by atoms with E-state index in [2.05, 4.69) is 10.2 Å². The molecule has 0 aromatic carbocycles. The van der Waals surface area contributed by atoms with Crippen LogP contribution in [0.25, 0.3) is 0 Å². The van der Waals surface area contributed by atoms with Crippen molar-refractivity contribution in [3.05, 3.63) is 17.0 Å². The number of morpholine rings is 1. The normalized spacial score (nSPS) is 19.1. The van der Waals surface area contributed by atoms with E-state index in [9.17, 15) is 9.59 Å². The smallest absolute Gasteiger partial charge is 0.334 e. The number of nitrogens with one attached hydrogen (secondary N) is 1. The molecule has 7 nitrogen and oxygen atoms in total. The Kier molecular flexibility index (Phi) is 4.39. The van der Waals surface area contributed by atoms with E-state index in [-0.39, 0.29) is 19.1 Å². The zero-order valence-corrected chi connectivity index (χ0v) is 11.7. The summed E-state index contributed by atoms with van der Waals surface area (Å²) in [6, 6.07) is 0. The number of aromatic amines is 1. The Hall–Kier alpha value is -1.89. The van der Waals surface area contributed by atoms with Gasteiger partial charge in [-0.15, -0.1) is 0 Å². The molecule has 0 bridgehead atoms. The van der Waals surface area contributed by atoms with E-state index in [0.29, 0.717) is 19.4 Å². The molecule has 0 saturated carbocycles. The second-order valence-corrected chi connectivity index (χ2v) is 4.95. The number of rotatable bonds is 4. The highest BCUT2D eigenvalue weighted by molar-refractivity contribution is 5.79. The first kappa shape index (κ1) is 14.5. The average molecular weight is 281 g/mol. The van der Waals surface area contributed by atoms with Crippen LogP contribution in [0.15, 0.2) is 0 Å². The van der Waals surface area contributed by atoms with E-state index >= 15 is 0 Å². The maximum Gasteiger partial charge on any atom is 0.334 e. The van der Waals surface area contributed by atoms with Crippen molar-refractivity contribution in [3.8, 4) is 0 Å². The molecule has 0 aliphatic carbocycles. The fourth-order valence-corrected chi connectivity index (χ4v) is 2.36. The van der Waals surface area contributed by atoms with Gasteiger partial charge in [0.05, 0.1) is 18.8 Å². The summed E-state index contributed by atoms with van der Waals surface area (Å²) in [5.74, 6) is -1.07. The van der Waals surface area contributed by atoms with Gasteiger partial charge < -0.3 is 14.7 Å². The number of carboxylic acids is 1. The van der Waals surface area contributed by atoms with Crippen molar-refractivity contribution in [2.75, 3.05) is 19.7 Å². The molecular weight excluding hydrogens is 262 g/mol. The fourth-order valence-electron chi connectivity index (χ4n) is 2.36. The zero-order valence-electron chi connectivity index (χ0n) is 11.7. The number of H-pyrrole nitrogens is 1. The Morgan fingerprint density at radius 2 is 2.25 bits per heavy atom. The molecule has 7 heteroatoms. The lowest BCUT2D eigenvalue weighted by Gasteiger charge is -2.31. The number of aromatic nitrogens is 2. The summed E-state index contributed by atoms with van der Waals surface area (Å²) in [7, 11) is 0. The van der Waals surface area contributed by atoms with Crippen molar-refractivity contribution < 1.29 is 19.4 Å². The predicted molar refractivity (Wildman–Crippen MR) is 70.3 cm³/mol. The molecule has 2 N–H and O–H groups in total. The molecule has 20 heavy (non-hydrogen) atoms. The van der Waals surface area contributed by atoms with Crippen LogP contribution in [0, 0.1) is 13.8 Å². The number of carbonyl (C=O) groups is 2. The van der Waals surface area contributed by atoms with Gasteiger partial charge in [0.1, 0.15) is 0 Å². The topological polar surface area (TPSA) is 95.5 Å². The van der Waals surface area contributed by atoms with Gasteiger partial charge in [0.2, 0.25) is 5.91 Å². The van der Waals surface area contributed by atoms with Crippen molar-refractivity contribution in [2.24, 2.45) is 0 Å². The van der Waals surface area contributed by atoms with Gasteiger partial charge in [-0.25, -0.2) is 4.79 Å². The van der Waals surface area contributed by atoms with Gasteiger partial charge in [-0.05, 0) is 25.8 Å². The first-order valence-corrected chi connectivity index (χ1v) is 6.61. The van der Waals surface area contributed by atoms with Crippen LogP contribution in [-0.2, 0) is 20.7 Å². The molecule has 1 aliphatic heterocycles. The van der Waals surface area contributed by atoms with Crippen LogP contribution in [0.1, 0.15) is 23.4 Å². The molecule has 0 radical (unpaired) electrons. The number of hydrogen-bond acceptors (Lipinski definition) is 4. The number of amides is 1. The van der Waals surface area contributed by atoms with Crippen molar-refractivity contribution in [1.29, 1.82) is 0 Å². The molecule has 1 aliphatic rings. The Morgan fingerprint density at radius 3 is 2.85 bits per heavy atom. The minimum Gasteiger partial charge on any atom is -0.479 e. The van der Waals surface area contributed by atoms with Gasteiger partial charge in [-0.3, -0.25) is 9.89 Å². The molecule has 1 saturated heterocycles. The average Bonchev–Trinajstić information content (AvgIpc) is 2.75. The lowest BCUT2D eigenvalue weighted by molar-refractivity contribution is -0.159. The zero-order chi connectivity index (χ0) is 14.7. The van der Waals surface area contributed by atoms with Crippen LogP contribution >= 0.6 is 0 Å². The summed E-state index contributed by atoms with van der Waals surface area (Å²) in [5, 5.41) is 15.9. The number of aryl methyl sites for hydroxylation is 2. The third kappa shape index (κ3) is 3.16. The SMILES string of the molecule is Cc1n[nH]c(C)c1CCC(=O)N1CCO[C@@H](C(=O)O)C1. The van der Waals surface area contributed by atoms with E-state index in [1.165, 1.54) is 0 Å². The van der Waals surface area contributed by atoms with E-state index in [1.54, 1.807) is 4.90 Å². The minimum absolute atomic E-state index is 0.0421. The molecule has 1 atom stereocenters. The van der Waals surface area contributed by atoms with E-state index in [0.717, 1.165) is 17.0 Å². The third-order valence-electron chi connectivity index (χ3n) is 3.56. The number of nitrogens with zero attached hydrogens (tertiary/aromatic N) is 2. The number of aliphatic carboxylic acids is 1. The van der Waals surface area contributed by atoms with Gasteiger partial charge in [0.15, 0.2) is 6.10 Å². The van der Waals surface area contributed by atoms with Gasteiger partial charge in [-0.2, -0.15) is 5.10 Å². The number of ether oxygens (including phenoxy) is 1. The van der Waals surface area contributed by atoms with E-state index < -0.39 is 12.1 Å². The highest BCUT2D eigenvalue weighted by Gasteiger charge is 2.28. The van der Waals surface area contributed by atoms with Crippen LogP contribution in [0.4, 0.5) is 0 Å². The standard InChI is InChI=1S/C13H19N3O4/c1-8-10(9(2)15-14-8)3-4-12(17)16-5-6-20-11(7-16)13(18)19/h11H,3-7H2,1-2H3,(H,14,15)(H,18,19)/t11-/m1/s1. The number of carbonyl (C=O) groups excluding carboxylic acids is 1. The highest BCUT2D eigenvalue weighted by Crippen LogP contribution is 2.14. The van der Waals surface area contributed by atoms with Gasteiger partial charge in [0, 0.05) is 18.7 Å². The number of carboxylic acid groups (broad SMARTS) is 1. The summed E-state index contributed by atoms with van der Waals surface area (Å²) >= 11 is 0. The monoisotopic (exact) mass is 281 g/mol. The molecule has 2 rings (SSSR count). The molecule has 2 heterocycles. The van der Waals surface area contributed by atoms with Crippen molar-refractivity contribution >= 4 is 11.9 Å². The van der Waals surface area contributed by atoms with E-state index in [4.69, 9.17) is 9.84 Å². The van der Waals surface area contributed by atoms with Crippen molar-refractivity contribution in [1.82, 2.24) is 15.1 Å². The second kappa shape index (κ2) is 6.04. The maximum atomic E-state index is 12.1. The van der Waals surface area contributed by atoms with Gasteiger partial charge in [0.25, 0.3) is 0 Å². The summed E-state index contributed by atoms with van der Waals surface area (Å²) in [4.78, 5) is 24.6. The molecule has 0 unspecified atom stereocenters. The Morgan fingerprint density at radius 1 is 1.50 bits per heavy atom. The summed E-state index contributed by atoms with van der Waals surface area (Å²) < 4.78 is 5.10. The van der Waals surface area contributed by atoms with Crippen LogP contribution in [0.2, 0.25) is 0 Å². The molecule has 1 fully saturated rings. The number of hydrogen-bond donors (Lipinski definition) is 2. The highest BCUT2D eigenvalue weighted by atomic mass is 16.5. The van der Waals surface area contributed by atoms with Crippen molar-refractivity contribution in [2.45, 2.75) is 32.8 Å². The van der Waals surface area contributed by atoms with Crippen LogP contribution in [0.3, 0.4) is 0 Å². The van der Waals surface area contributed by atoms with Crippen LogP contribution < -0.4 is 0 Å². The fraction of sp³-hybridized carbons (Fsp3) is 0.615. The largest absolute Gasteiger partial charge is 0.479 e. The summed E-state index contributed by atoms with van der Waals surface area (Å²) in [6.07, 6.45) is 0.0560. The molecule has 1 amide bonds. The van der Waals surface area contributed by atoms with Gasteiger partial charge in [-0.1, -0.05) is 0 Å². The Bertz CT molecular complexity index is 492. The van der Waals surface area contributed by atoms with Crippen LogP contribution in [-0.4, -0.2) is 57.9 Å². The molecule has 110 valence electrons. The molecule has 1 aromatic rings. The third-order valence-corrected chi connectivity index (χ3v) is 3.56. The molecule has 1 aromatic heterocycles. The molecular formula is C13H19N3O4. The predicted octanol–water partition coefficient (Wildman–Crippen LogP) is 0.271. The Balaban J connectivity index is 1.90. The van der Waals surface area contributed by atoms with Crippen molar-refractivity contribution in [3.63, 3.8) is 0 Å². The quantitative estimate of drug-likeness (QED) is 0.826. The van der Waals surface area contributed by atoms with E-state index in [1.807, 2.05) is 13.8 Å². The lowest BCUT2D eigenvalue weighted by atomic mass is 10.1. The minimum atomic E-state index is -1.02. The first-order chi connectivity index (χ1) is 9.49. The van der Waals surface area contributed by atoms with Crippen LogP contribution in [0.5, 0.6) is 0 Å². The lowest BCUT2D eigenvalue weighted by Crippen LogP contribution is -2.48. The molecule has 0 spiro atoms. The second-order valence-electron chi connectivity index (χ2n) is 4.95. The Labute approximate surface area is 116 Å². The summed E-state index contributed by atoms with van der Waals surface area (Å²) in [6.45, 7) is 4.67. The first-order valence-electron chi connectivity index (χ1n) is 6.61.